The van der Waals surface area contributed by atoms with Crippen LogP contribution in [0.25, 0.3) is 0 Å². The van der Waals surface area contributed by atoms with Crippen LogP contribution in [0.4, 0.5) is 4.79 Å². The van der Waals surface area contributed by atoms with Crippen LogP contribution in [-0.2, 0) is 30.8 Å². The summed E-state index contributed by atoms with van der Waals surface area (Å²) < 4.78 is 47.7. The number of hydrogen-bond donors (Lipinski definition) is 2. The molecule has 0 heterocycles. The lowest BCUT2D eigenvalue weighted by molar-refractivity contribution is 0.0308. The molecular formula is C20H26N2O7S. The average Bonchev–Trinajstić information content (AvgIpc) is 2.74. The Bertz CT molecular complexity index is 858. The molecule has 2 rings (SSSR count). The SMILES string of the molecule is NC(=O)OCCOCCOCCNS(=O)(=O)c1ccc(OCc2ccccc2)cc1. The molecule has 2 aromatic rings. The highest BCUT2D eigenvalue weighted by Gasteiger charge is 2.13. The number of hydrogen-bond acceptors (Lipinski definition) is 7. The molecule has 0 aliphatic heterocycles. The summed E-state index contributed by atoms with van der Waals surface area (Å²) >= 11 is 0. The van der Waals surface area contributed by atoms with Crippen LogP contribution in [0.15, 0.2) is 59.5 Å². The summed E-state index contributed by atoms with van der Waals surface area (Å²) in [6.07, 6.45) is -0.850. The van der Waals surface area contributed by atoms with Crippen molar-refractivity contribution in [1.29, 1.82) is 0 Å². The molecule has 0 fully saturated rings. The molecule has 2 aromatic carbocycles. The van der Waals surface area contributed by atoms with Gasteiger partial charge in [0.2, 0.25) is 10.0 Å². The van der Waals surface area contributed by atoms with Crippen LogP contribution in [0.3, 0.4) is 0 Å². The van der Waals surface area contributed by atoms with E-state index in [1.807, 2.05) is 30.3 Å². The third-order valence-corrected chi connectivity index (χ3v) is 5.24. The van der Waals surface area contributed by atoms with Crippen molar-refractivity contribution >= 4 is 16.1 Å². The number of benzene rings is 2. The van der Waals surface area contributed by atoms with Crippen molar-refractivity contribution in [3.63, 3.8) is 0 Å². The van der Waals surface area contributed by atoms with Gasteiger partial charge in [-0.2, -0.15) is 0 Å². The number of rotatable bonds is 14. The molecule has 0 spiro atoms. The fourth-order valence-corrected chi connectivity index (χ4v) is 3.32. The minimum atomic E-state index is -3.63. The van der Waals surface area contributed by atoms with Crippen LogP contribution in [0.5, 0.6) is 5.75 Å². The average molecular weight is 439 g/mol. The zero-order valence-corrected chi connectivity index (χ0v) is 17.3. The van der Waals surface area contributed by atoms with Gasteiger partial charge in [0.25, 0.3) is 0 Å². The number of carbonyl (C=O) groups is 1. The van der Waals surface area contributed by atoms with Crippen LogP contribution in [-0.4, -0.2) is 54.1 Å². The molecule has 0 unspecified atom stereocenters. The van der Waals surface area contributed by atoms with Crippen molar-refractivity contribution in [2.75, 3.05) is 39.6 Å². The van der Waals surface area contributed by atoms with Gasteiger partial charge in [-0.05, 0) is 29.8 Å². The quantitative estimate of drug-likeness (QED) is 0.430. The lowest BCUT2D eigenvalue weighted by atomic mass is 10.2. The van der Waals surface area contributed by atoms with Gasteiger partial charge in [0.15, 0.2) is 0 Å². The molecule has 0 bridgehead atoms. The Morgan fingerprint density at radius 1 is 0.867 bits per heavy atom. The predicted molar refractivity (Wildman–Crippen MR) is 110 cm³/mol. The second-order valence-electron chi connectivity index (χ2n) is 6.04. The zero-order chi connectivity index (χ0) is 21.7. The lowest BCUT2D eigenvalue weighted by Gasteiger charge is -2.10. The van der Waals surface area contributed by atoms with Crippen LogP contribution in [0.2, 0.25) is 0 Å². The molecule has 0 aliphatic carbocycles. The number of nitrogens with one attached hydrogen (secondary N) is 1. The number of sulfonamides is 1. The Kier molecular flexibility index (Phi) is 10.1. The Morgan fingerprint density at radius 3 is 2.17 bits per heavy atom. The lowest BCUT2D eigenvalue weighted by Crippen LogP contribution is -2.27. The van der Waals surface area contributed by atoms with Crippen molar-refractivity contribution in [3.05, 3.63) is 60.2 Å². The predicted octanol–water partition coefficient (Wildman–Crippen LogP) is 1.67. The highest BCUT2D eigenvalue weighted by Crippen LogP contribution is 2.17. The first-order chi connectivity index (χ1) is 14.5. The Labute approximate surface area is 176 Å². The van der Waals surface area contributed by atoms with Gasteiger partial charge in [-0.15, -0.1) is 0 Å². The van der Waals surface area contributed by atoms with Gasteiger partial charge in [-0.1, -0.05) is 30.3 Å². The van der Waals surface area contributed by atoms with E-state index in [2.05, 4.69) is 9.46 Å². The first kappa shape index (κ1) is 23.6. The zero-order valence-electron chi connectivity index (χ0n) is 16.5. The van der Waals surface area contributed by atoms with Gasteiger partial charge in [0, 0.05) is 6.54 Å². The number of ether oxygens (including phenoxy) is 4. The van der Waals surface area contributed by atoms with E-state index in [-0.39, 0.29) is 37.9 Å². The van der Waals surface area contributed by atoms with E-state index in [0.717, 1.165) is 5.56 Å². The Balaban J connectivity index is 1.62. The van der Waals surface area contributed by atoms with E-state index < -0.39 is 16.1 Å². The summed E-state index contributed by atoms with van der Waals surface area (Å²) in [6, 6.07) is 15.9. The maximum Gasteiger partial charge on any atom is 0.404 e. The van der Waals surface area contributed by atoms with Crippen molar-refractivity contribution in [1.82, 2.24) is 4.72 Å². The molecule has 1 amide bonds. The van der Waals surface area contributed by atoms with Crippen LogP contribution < -0.4 is 15.2 Å². The minimum Gasteiger partial charge on any atom is -0.489 e. The summed E-state index contributed by atoms with van der Waals surface area (Å²) in [6.45, 7) is 1.59. The van der Waals surface area contributed by atoms with Gasteiger partial charge in [0.1, 0.15) is 19.0 Å². The summed E-state index contributed by atoms with van der Waals surface area (Å²) in [4.78, 5) is 10.5. The summed E-state index contributed by atoms with van der Waals surface area (Å²) in [5.74, 6) is 0.586. The normalized spacial score (nSPS) is 11.2. The van der Waals surface area contributed by atoms with E-state index in [0.29, 0.717) is 19.0 Å². The molecule has 0 aliphatic rings. The van der Waals surface area contributed by atoms with Crippen LogP contribution in [0, 0.1) is 0 Å². The fraction of sp³-hybridized carbons (Fsp3) is 0.350. The number of primary amides is 1. The number of amides is 1. The number of carbonyl (C=O) groups excluding carboxylic acids is 1. The summed E-state index contributed by atoms with van der Waals surface area (Å²) in [7, 11) is -3.63. The number of nitrogens with two attached hydrogens (primary N) is 1. The highest BCUT2D eigenvalue weighted by molar-refractivity contribution is 7.89. The summed E-state index contributed by atoms with van der Waals surface area (Å²) in [5.41, 5.74) is 5.83. The van der Waals surface area contributed by atoms with Crippen molar-refractivity contribution < 1.29 is 32.2 Å². The third-order valence-electron chi connectivity index (χ3n) is 3.76. The van der Waals surface area contributed by atoms with Gasteiger partial charge >= 0.3 is 6.09 Å². The molecule has 10 heteroatoms. The Hall–Kier alpha value is -2.66. The van der Waals surface area contributed by atoms with Crippen molar-refractivity contribution in [2.45, 2.75) is 11.5 Å². The van der Waals surface area contributed by atoms with Crippen molar-refractivity contribution in [2.24, 2.45) is 5.73 Å². The van der Waals surface area contributed by atoms with Gasteiger partial charge in [0.05, 0.1) is 31.3 Å². The molecule has 0 saturated heterocycles. The van der Waals surface area contributed by atoms with E-state index in [1.165, 1.54) is 12.1 Å². The molecule has 0 saturated carbocycles. The van der Waals surface area contributed by atoms with Gasteiger partial charge in [-0.25, -0.2) is 17.9 Å². The molecule has 164 valence electrons. The molecule has 9 nitrogen and oxygen atoms in total. The second-order valence-corrected chi connectivity index (χ2v) is 7.80. The molecular weight excluding hydrogens is 412 g/mol. The minimum absolute atomic E-state index is 0.0746. The third kappa shape index (κ3) is 9.23. The molecule has 0 radical (unpaired) electrons. The van der Waals surface area contributed by atoms with E-state index in [1.54, 1.807) is 12.1 Å². The van der Waals surface area contributed by atoms with Crippen molar-refractivity contribution in [3.8, 4) is 5.75 Å². The molecule has 3 N–H and O–H groups in total. The smallest absolute Gasteiger partial charge is 0.404 e. The second kappa shape index (κ2) is 12.8. The first-order valence-corrected chi connectivity index (χ1v) is 10.8. The molecule has 30 heavy (non-hydrogen) atoms. The summed E-state index contributed by atoms with van der Waals surface area (Å²) in [5, 5.41) is 0. The fourth-order valence-electron chi connectivity index (χ4n) is 2.31. The maximum absolute atomic E-state index is 12.3. The van der Waals surface area contributed by atoms with E-state index in [4.69, 9.17) is 19.9 Å². The van der Waals surface area contributed by atoms with E-state index in [9.17, 15) is 13.2 Å². The van der Waals surface area contributed by atoms with Crippen LogP contribution in [0.1, 0.15) is 5.56 Å². The standard InChI is InChI=1S/C20H26N2O7S/c21-20(23)28-15-14-27-13-12-26-11-10-22-30(24,25)19-8-6-18(7-9-19)29-16-17-4-2-1-3-5-17/h1-9,22H,10-16H2,(H2,21,23). The highest BCUT2D eigenvalue weighted by atomic mass is 32.2. The van der Waals surface area contributed by atoms with Gasteiger partial charge < -0.3 is 24.7 Å². The molecule has 0 atom stereocenters. The largest absolute Gasteiger partial charge is 0.489 e. The van der Waals surface area contributed by atoms with Gasteiger partial charge in [-0.3, -0.25) is 0 Å². The topological polar surface area (TPSA) is 126 Å². The molecule has 0 aromatic heterocycles. The first-order valence-electron chi connectivity index (χ1n) is 9.31. The Morgan fingerprint density at radius 2 is 1.50 bits per heavy atom. The maximum atomic E-state index is 12.3. The monoisotopic (exact) mass is 438 g/mol. The van der Waals surface area contributed by atoms with Crippen LogP contribution >= 0.6 is 0 Å². The van der Waals surface area contributed by atoms with E-state index >= 15 is 0 Å².